The van der Waals surface area contributed by atoms with Crippen LogP contribution in [0.1, 0.15) is 1.37 Å². The Labute approximate surface area is 65.3 Å². The maximum atomic E-state index is 7.34. The average molecular weight is 149 g/mol. The van der Waals surface area contributed by atoms with Gasteiger partial charge in [-0.05, 0) is 12.1 Å². The number of hydrogen-bond donors (Lipinski definition) is 1. The fourth-order valence-corrected chi connectivity index (χ4v) is 0.886. The van der Waals surface area contributed by atoms with Gasteiger partial charge in [0.25, 0.3) is 0 Å². The van der Waals surface area contributed by atoms with Crippen LogP contribution in [0.2, 0.25) is 0 Å². The average Bonchev–Trinajstić information content (AvgIpc) is 2.46. The molecule has 2 aromatic rings. The van der Waals surface area contributed by atoms with Crippen molar-refractivity contribution in [2.24, 2.45) is 0 Å². The Morgan fingerprint density at radius 2 is 2.64 bits per heavy atom. The third-order valence-corrected chi connectivity index (χ3v) is 1.41. The quantitative estimate of drug-likeness (QED) is 0.651. The van der Waals surface area contributed by atoms with Gasteiger partial charge in [-0.2, -0.15) is 4.98 Å². The summed E-state index contributed by atoms with van der Waals surface area (Å²) in [5.74, 6) is 0.570. The number of nitrogens with zero attached hydrogens (tertiary/aromatic N) is 3. The molecule has 0 bridgehead atoms. The third-order valence-electron chi connectivity index (χ3n) is 1.41. The van der Waals surface area contributed by atoms with Gasteiger partial charge in [-0.1, -0.05) is 6.04 Å². The van der Waals surface area contributed by atoms with E-state index in [1.165, 1.54) is 0 Å². The molecule has 0 saturated heterocycles. The van der Waals surface area contributed by atoms with Gasteiger partial charge in [0.15, 0.2) is 5.65 Å². The van der Waals surface area contributed by atoms with Crippen molar-refractivity contribution in [1.29, 1.82) is 0 Å². The molecule has 4 heteroatoms. The Balaban J connectivity index is 2.67. The molecule has 0 unspecified atom stereocenters. The Morgan fingerprint density at radius 1 is 1.73 bits per heavy atom. The predicted molar refractivity (Wildman–Crippen MR) is 42.5 cm³/mol. The largest absolute Gasteiger partial charge is 0.356 e. The number of rotatable bonds is 1. The topological polar surface area (TPSA) is 42.2 Å². The standard InChI is InChI=1S/C7H8N4/c1-8-7-9-6-4-2-3-5-11(6)10-7/h2-5H,1H3,(H,8,10)/i2D. The molecule has 0 amide bonds. The molecule has 11 heavy (non-hydrogen) atoms. The number of pyridine rings is 1. The van der Waals surface area contributed by atoms with Gasteiger partial charge in [0.2, 0.25) is 5.95 Å². The first-order chi connectivity index (χ1) is 5.79. The fraction of sp³-hybridized carbons (Fsp3) is 0.143. The lowest BCUT2D eigenvalue weighted by atomic mass is 10.5. The SMILES string of the molecule is [2H]c1ccn2nc(NC)nc2c1. The van der Waals surface area contributed by atoms with Crippen LogP contribution in [-0.4, -0.2) is 21.6 Å². The molecule has 0 fully saturated rings. The summed E-state index contributed by atoms with van der Waals surface area (Å²) < 4.78 is 8.97. The minimum absolute atomic E-state index is 0.442. The lowest BCUT2D eigenvalue weighted by Gasteiger charge is -1.85. The van der Waals surface area contributed by atoms with Crippen LogP contribution >= 0.6 is 0 Å². The zero-order valence-electron chi connectivity index (χ0n) is 7.07. The summed E-state index contributed by atoms with van der Waals surface area (Å²) in [6, 6.07) is 3.77. The summed E-state index contributed by atoms with van der Waals surface area (Å²) in [5.41, 5.74) is 0.687. The highest BCUT2D eigenvalue weighted by Gasteiger charge is 1.97. The molecule has 4 nitrogen and oxygen atoms in total. The lowest BCUT2D eigenvalue weighted by Crippen LogP contribution is -1.90. The number of anilines is 1. The fourth-order valence-electron chi connectivity index (χ4n) is 0.886. The zero-order chi connectivity index (χ0) is 8.55. The smallest absolute Gasteiger partial charge is 0.242 e. The van der Waals surface area contributed by atoms with Gasteiger partial charge in [0.1, 0.15) is 0 Å². The van der Waals surface area contributed by atoms with E-state index in [9.17, 15) is 0 Å². The summed E-state index contributed by atoms with van der Waals surface area (Å²) in [6.07, 6.45) is 1.71. The molecule has 2 heterocycles. The van der Waals surface area contributed by atoms with Crippen LogP contribution in [0.4, 0.5) is 5.95 Å². The second kappa shape index (κ2) is 2.23. The van der Waals surface area contributed by atoms with Gasteiger partial charge in [-0.15, -0.1) is 5.10 Å². The van der Waals surface area contributed by atoms with Gasteiger partial charge in [-0.3, -0.25) is 0 Å². The van der Waals surface area contributed by atoms with Crippen LogP contribution in [-0.2, 0) is 0 Å². The van der Waals surface area contributed by atoms with Crippen molar-refractivity contribution in [3.63, 3.8) is 0 Å². The summed E-state index contributed by atoms with van der Waals surface area (Å²) in [6.45, 7) is 0. The van der Waals surface area contributed by atoms with E-state index in [0.29, 0.717) is 17.6 Å². The first-order valence-electron chi connectivity index (χ1n) is 3.80. The molecule has 0 aliphatic rings. The second-order valence-corrected chi connectivity index (χ2v) is 2.11. The predicted octanol–water partition coefficient (Wildman–Crippen LogP) is 0.771. The van der Waals surface area contributed by atoms with E-state index in [2.05, 4.69) is 15.4 Å². The molecule has 0 aromatic carbocycles. The monoisotopic (exact) mass is 149 g/mol. The highest BCUT2D eigenvalue weighted by molar-refractivity contribution is 5.42. The molecule has 0 atom stereocenters. The maximum Gasteiger partial charge on any atom is 0.242 e. The van der Waals surface area contributed by atoms with Crippen molar-refractivity contribution in [2.75, 3.05) is 12.4 Å². The first kappa shape index (κ1) is 5.12. The summed E-state index contributed by atoms with van der Waals surface area (Å²) in [7, 11) is 1.76. The molecular weight excluding hydrogens is 140 g/mol. The van der Waals surface area contributed by atoms with Gasteiger partial charge >= 0.3 is 0 Å². The normalized spacial score (nSPS) is 11.5. The van der Waals surface area contributed by atoms with Crippen LogP contribution in [0.3, 0.4) is 0 Å². The van der Waals surface area contributed by atoms with E-state index >= 15 is 0 Å². The van der Waals surface area contributed by atoms with E-state index in [1.54, 1.807) is 29.9 Å². The Bertz CT molecular complexity index is 409. The lowest BCUT2D eigenvalue weighted by molar-refractivity contribution is 0.963. The summed E-state index contributed by atoms with van der Waals surface area (Å²) in [5, 5.41) is 6.91. The van der Waals surface area contributed by atoms with Crippen molar-refractivity contribution in [2.45, 2.75) is 0 Å². The van der Waals surface area contributed by atoms with E-state index in [4.69, 9.17) is 1.37 Å². The van der Waals surface area contributed by atoms with Gasteiger partial charge in [0, 0.05) is 13.2 Å². The summed E-state index contributed by atoms with van der Waals surface area (Å²) >= 11 is 0. The molecule has 0 saturated carbocycles. The van der Waals surface area contributed by atoms with Crippen LogP contribution in [0, 0.1) is 0 Å². The molecule has 1 N–H and O–H groups in total. The van der Waals surface area contributed by atoms with E-state index < -0.39 is 0 Å². The van der Waals surface area contributed by atoms with Crippen LogP contribution < -0.4 is 5.32 Å². The molecule has 2 rings (SSSR count). The molecule has 0 aliphatic heterocycles. The van der Waals surface area contributed by atoms with Crippen LogP contribution in [0.25, 0.3) is 5.65 Å². The maximum absolute atomic E-state index is 7.34. The number of fused-ring (bicyclic) bond motifs is 1. The van der Waals surface area contributed by atoms with Crippen molar-refractivity contribution in [3.05, 3.63) is 24.4 Å². The molecule has 0 spiro atoms. The Hall–Kier alpha value is -1.58. The number of hydrogen-bond acceptors (Lipinski definition) is 3. The van der Waals surface area contributed by atoms with Crippen LogP contribution in [0.5, 0.6) is 0 Å². The molecule has 0 aliphatic carbocycles. The Morgan fingerprint density at radius 3 is 3.45 bits per heavy atom. The molecule has 0 radical (unpaired) electrons. The minimum Gasteiger partial charge on any atom is -0.356 e. The van der Waals surface area contributed by atoms with E-state index in [1.807, 2.05) is 0 Å². The van der Waals surface area contributed by atoms with E-state index in [-0.39, 0.29) is 0 Å². The molecule has 56 valence electrons. The highest BCUT2D eigenvalue weighted by atomic mass is 15.3. The van der Waals surface area contributed by atoms with Gasteiger partial charge in [-0.25, -0.2) is 4.52 Å². The second-order valence-electron chi connectivity index (χ2n) is 2.11. The molecular formula is C7H8N4. The highest BCUT2D eigenvalue weighted by Crippen LogP contribution is 2.02. The van der Waals surface area contributed by atoms with Gasteiger partial charge in [0.05, 0.1) is 1.37 Å². The summed E-state index contributed by atoms with van der Waals surface area (Å²) in [4.78, 5) is 4.11. The third kappa shape index (κ3) is 0.920. The van der Waals surface area contributed by atoms with Crippen molar-refractivity contribution in [3.8, 4) is 0 Å². The van der Waals surface area contributed by atoms with Crippen molar-refractivity contribution >= 4 is 11.6 Å². The van der Waals surface area contributed by atoms with Crippen molar-refractivity contribution in [1.82, 2.24) is 14.6 Å². The van der Waals surface area contributed by atoms with Gasteiger partial charge < -0.3 is 5.32 Å². The first-order valence-corrected chi connectivity index (χ1v) is 3.30. The van der Waals surface area contributed by atoms with Crippen LogP contribution in [0.15, 0.2) is 24.4 Å². The number of nitrogens with one attached hydrogen (secondary N) is 1. The Kier molecular flexibility index (Phi) is 1.04. The minimum atomic E-state index is 0.442. The van der Waals surface area contributed by atoms with Crippen molar-refractivity contribution < 1.29 is 1.37 Å². The van der Waals surface area contributed by atoms with E-state index in [0.717, 1.165) is 0 Å². The zero-order valence-corrected chi connectivity index (χ0v) is 6.07. The number of aromatic nitrogens is 3. The molecule has 2 aromatic heterocycles.